The van der Waals surface area contributed by atoms with Crippen LogP contribution in [-0.2, 0) is 0 Å². The minimum Gasteiger partial charge on any atom is -0.310 e. The fourth-order valence-electron chi connectivity index (χ4n) is 2.73. The quantitative estimate of drug-likeness (QED) is 0.758. The highest BCUT2D eigenvalue weighted by Gasteiger charge is 2.20. The molecular weight excluding hydrogens is 254 g/mol. The first kappa shape index (κ1) is 15.8. The summed E-state index contributed by atoms with van der Waals surface area (Å²) in [5.74, 6) is 1.29. The highest BCUT2D eigenvalue weighted by Crippen LogP contribution is 2.29. The van der Waals surface area contributed by atoms with Crippen molar-refractivity contribution in [3.8, 4) is 11.1 Å². The Morgan fingerprint density at radius 2 is 1.38 bits per heavy atom. The Morgan fingerprint density at radius 3 is 1.90 bits per heavy atom. The van der Waals surface area contributed by atoms with Gasteiger partial charge in [0.1, 0.15) is 0 Å². The number of rotatable bonds is 6. The highest BCUT2D eigenvalue weighted by molar-refractivity contribution is 5.63. The summed E-state index contributed by atoms with van der Waals surface area (Å²) in [6.07, 6.45) is 0. The van der Waals surface area contributed by atoms with Crippen LogP contribution in [0.3, 0.4) is 0 Å². The summed E-state index contributed by atoms with van der Waals surface area (Å²) in [5, 5.41) is 3.64. The number of hydrogen-bond acceptors (Lipinski definition) is 1. The summed E-state index contributed by atoms with van der Waals surface area (Å²) < 4.78 is 0. The van der Waals surface area contributed by atoms with E-state index in [1.165, 1.54) is 16.7 Å². The van der Waals surface area contributed by atoms with Gasteiger partial charge in [0.25, 0.3) is 0 Å². The first-order valence-electron chi connectivity index (χ1n) is 8.02. The molecule has 0 aliphatic carbocycles. The van der Waals surface area contributed by atoms with Gasteiger partial charge in [0.05, 0.1) is 0 Å². The van der Waals surface area contributed by atoms with Gasteiger partial charge >= 0.3 is 0 Å². The van der Waals surface area contributed by atoms with Crippen LogP contribution in [0.1, 0.15) is 39.3 Å². The summed E-state index contributed by atoms with van der Waals surface area (Å²) in [7, 11) is 0. The number of nitrogens with one attached hydrogen (secondary N) is 1. The van der Waals surface area contributed by atoms with Crippen molar-refractivity contribution in [2.75, 3.05) is 6.54 Å². The molecule has 0 aromatic heterocycles. The van der Waals surface area contributed by atoms with Crippen LogP contribution in [0.25, 0.3) is 11.1 Å². The largest absolute Gasteiger partial charge is 0.310 e. The van der Waals surface area contributed by atoms with Crippen molar-refractivity contribution >= 4 is 0 Å². The van der Waals surface area contributed by atoms with E-state index in [1.54, 1.807) is 0 Å². The maximum atomic E-state index is 3.64. The SMILES string of the molecule is CCNC(c1ccc(-c2ccccc2)cc1)C(C)C(C)C. The van der Waals surface area contributed by atoms with Crippen molar-refractivity contribution < 1.29 is 0 Å². The van der Waals surface area contributed by atoms with E-state index in [9.17, 15) is 0 Å². The third-order valence-corrected chi connectivity index (χ3v) is 4.38. The van der Waals surface area contributed by atoms with Gasteiger partial charge in [0, 0.05) is 6.04 Å². The van der Waals surface area contributed by atoms with Gasteiger partial charge in [0.15, 0.2) is 0 Å². The fourth-order valence-corrected chi connectivity index (χ4v) is 2.73. The first-order chi connectivity index (χ1) is 10.1. The number of benzene rings is 2. The predicted molar refractivity (Wildman–Crippen MR) is 92.3 cm³/mol. The molecule has 0 saturated carbocycles. The average Bonchev–Trinajstić information content (AvgIpc) is 2.53. The first-order valence-corrected chi connectivity index (χ1v) is 8.02. The van der Waals surface area contributed by atoms with Gasteiger partial charge in [-0.2, -0.15) is 0 Å². The molecule has 0 aliphatic rings. The summed E-state index contributed by atoms with van der Waals surface area (Å²) in [6, 6.07) is 20.0. The topological polar surface area (TPSA) is 12.0 Å². The van der Waals surface area contributed by atoms with E-state index in [2.05, 4.69) is 87.6 Å². The molecule has 112 valence electrons. The Balaban J connectivity index is 2.23. The molecular formula is C20H27N. The van der Waals surface area contributed by atoms with Gasteiger partial charge in [-0.3, -0.25) is 0 Å². The molecule has 21 heavy (non-hydrogen) atoms. The maximum absolute atomic E-state index is 3.64. The normalized spacial score (nSPS) is 14.1. The molecule has 0 amide bonds. The van der Waals surface area contributed by atoms with E-state index in [-0.39, 0.29) is 0 Å². The Labute approximate surface area is 129 Å². The molecule has 0 saturated heterocycles. The second kappa shape index (κ2) is 7.42. The van der Waals surface area contributed by atoms with Gasteiger partial charge in [-0.05, 0) is 35.1 Å². The molecule has 0 aliphatic heterocycles. The van der Waals surface area contributed by atoms with Crippen molar-refractivity contribution in [3.05, 3.63) is 60.2 Å². The van der Waals surface area contributed by atoms with Crippen LogP contribution >= 0.6 is 0 Å². The van der Waals surface area contributed by atoms with E-state index in [1.807, 2.05) is 0 Å². The molecule has 2 atom stereocenters. The van der Waals surface area contributed by atoms with Crippen LogP contribution in [-0.4, -0.2) is 6.54 Å². The highest BCUT2D eigenvalue weighted by atomic mass is 14.9. The molecule has 1 N–H and O–H groups in total. The maximum Gasteiger partial charge on any atom is 0.0348 e. The lowest BCUT2D eigenvalue weighted by molar-refractivity contribution is 0.307. The van der Waals surface area contributed by atoms with Gasteiger partial charge in [-0.15, -0.1) is 0 Å². The predicted octanol–water partition coefficient (Wildman–Crippen LogP) is 5.30. The molecule has 2 aromatic carbocycles. The number of hydrogen-bond donors (Lipinski definition) is 1. The van der Waals surface area contributed by atoms with E-state index >= 15 is 0 Å². The molecule has 0 fully saturated rings. The summed E-state index contributed by atoms with van der Waals surface area (Å²) >= 11 is 0. The average molecular weight is 281 g/mol. The lowest BCUT2D eigenvalue weighted by atomic mass is 9.85. The standard InChI is InChI=1S/C20H27N/c1-5-21-20(16(4)15(2)3)19-13-11-18(12-14-19)17-9-7-6-8-10-17/h6-16,20-21H,5H2,1-4H3. The lowest BCUT2D eigenvalue weighted by Gasteiger charge is -2.28. The molecule has 0 heterocycles. The molecule has 0 spiro atoms. The summed E-state index contributed by atoms with van der Waals surface area (Å²) in [6.45, 7) is 10.1. The van der Waals surface area contributed by atoms with Crippen LogP contribution in [0.5, 0.6) is 0 Å². The second-order valence-corrected chi connectivity index (χ2v) is 6.13. The zero-order valence-electron chi connectivity index (χ0n) is 13.6. The van der Waals surface area contributed by atoms with E-state index in [0.29, 0.717) is 17.9 Å². The van der Waals surface area contributed by atoms with Gasteiger partial charge in [-0.25, -0.2) is 0 Å². The summed E-state index contributed by atoms with van der Waals surface area (Å²) in [4.78, 5) is 0. The van der Waals surface area contributed by atoms with Crippen molar-refractivity contribution in [3.63, 3.8) is 0 Å². The van der Waals surface area contributed by atoms with Crippen molar-refractivity contribution in [2.24, 2.45) is 11.8 Å². The minimum atomic E-state index is 0.430. The molecule has 2 unspecified atom stereocenters. The Bertz CT molecular complexity index is 528. The van der Waals surface area contributed by atoms with Crippen LogP contribution in [0.2, 0.25) is 0 Å². The zero-order chi connectivity index (χ0) is 15.2. The zero-order valence-corrected chi connectivity index (χ0v) is 13.6. The molecule has 0 bridgehead atoms. The van der Waals surface area contributed by atoms with E-state index < -0.39 is 0 Å². The molecule has 2 rings (SSSR count). The van der Waals surface area contributed by atoms with Crippen LogP contribution in [0, 0.1) is 11.8 Å². The van der Waals surface area contributed by atoms with E-state index in [0.717, 1.165) is 6.54 Å². The van der Waals surface area contributed by atoms with Crippen molar-refractivity contribution in [2.45, 2.75) is 33.7 Å². The Morgan fingerprint density at radius 1 is 0.810 bits per heavy atom. The fraction of sp³-hybridized carbons (Fsp3) is 0.400. The molecule has 1 heteroatoms. The van der Waals surface area contributed by atoms with Crippen LogP contribution in [0.15, 0.2) is 54.6 Å². The minimum absolute atomic E-state index is 0.430. The second-order valence-electron chi connectivity index (χ2n) is 6.13. The third-order valence-electron chi connectivity index (χ3n) is 4.38. The molecule has 0 radical (unpaired) electrons. The monoisotopic (exact) mass is 281 g/mol. The Kier molecular flexibility index (Phi) is 5.58. The lowest BCUT2D eigenvalue weighted by Crippen LogP contribution is -2.29. The summed E-state index contributed by atoms with van der Waals surface area (Å²) in [5.41, 5.74) is 3.95. The van der Waals surface area contributed by atoms with Crippen molar-refractivity contribution in [1.29, 1.82) is 0 Å². The van der Waals surface area contributed by atoms with Crippen LogP contribution < -0.4 is 5.32 Å². The smallest absolute Gasteiger partial charge is 0.0348 e. The van der Waals surface area contributed by atoms with Gasteiger partial charge in [-0.1, -0.05) is 82.3 Å². The molecule has 1 nitrogen and oxygen atoms in total. The van der Waals surface area contributed by atoms with E-state index in [4.69, 9.17) is 0 Å². The third kappa shape index (κ3) is 3.95. The van der Waals surface area contributed by atoms with Gasteiger partial charge in [0.2, 0.25) is 0 Å². The van der Waals surface area contributed by atoms with Gasteiger partial charge < -0.3 is 5.32 Å². The van der Waals surface area contributed by atoms with Crippen LogP contribution in [0.4, 0.5) is 0 Å². The Hall–Kier alpha value is -1.60. The molecule has 2 aromatic rings. The van der Waals surface area contributed by atoms with Crippen molar-refractivity contribution in [1.82, 2.24) is 5.32 Å².